The van der Waals surface area contributed by atoms with E-state index in [1.807, 2.05) is 0 Å². The standard InChI is InChI=1S/C11H8N2O6/c14-10(15)2-1-5-12-8-6-7(13(17)18)3-4-9(8)19-11(12)16/h1-4,6H,5H2,(H,14,15). The Bertz CT molecular complexity index is 739. The molecule has 98 valence electrons. The maximum absolute atomic E-state index is 11.5. The molecular weight excluding hydrogens is 256 g/mol. The second kappa shape index (κ2) is 4.77. The van der Waals surface area contributed by atoms with Crippen LogP contribution in [0.2, 0.25) is 0 Å². The van der Waals surface area contributed by atoms with E-state index in [1.165, 1.54) is 24.3 Å². The lowest BCUT2D eigenvalue weighted by atomic mass is 10.3. The van der Waals surface area contributed by atoms with E-state index in [0.717, 1.165) is 10.6 Å². The van der Waals surface area contributed by atoms with Crippen LogP contribution in [0.1, 0.15) is 0 Å². The topological polar surface area (TPSA) is 116 Å². The molecule has 8 heteroatoms. The number of aliphatic carboxylic acids is 1. The minimum atomic E-state index is -1.15. The molecule has 1 heterocycles. The number of rotatable bonds is 4. The number of nitrogens with zero attached hydrogens (tertiary/aromatic N) is 2. The highest BCUT2D eigenvalue weighted by atomic mass is 16.6. The van der Waals surface area contributed by atoms with Gasteiger partial charge < -0.3 is 9.52 Å². The normalized spacial score (nSPS) is 11.2. The first-order valence-electron chi connectivity index (χ1n) is 5.16. The van der Waals surface area contributed by atoms with Gasteiger partial charge in [-0.3, -0.25) is 14.7 Å². The van der Waals surface area contributed by atoms with Gasteiger partial charge >= 0.3 is 11.7 Å². The summed E-state index contributed by atoms with van der Waals surface area (Å²) in [7, 11) is 0. The Hall–Kier alpha value is -2.90. The van der Waals surface area contributed by atoms with Crippen molar-refractivity contribution in [3.63, 3.8) is 0 Å². The monoisotopic (exact) mass is 264 g/mol. The predicted octanol–water partition coefficient (Wildman–Crippen LogP) is 1.14. The van der Waals surface area contributed by atoms with E-state index in [2.05, 4.69) is 0 Å². The molecule has 0 aliphatic rings. The molecule has 2 aromatic rings. The van der Waals surface area contributed by atoms with Crippen LogP contribution in [-0.2, 0) is 11.3 Å². The zero-order valence-corrected chi connectivity index (χ0v) is 9.48. The first-order chi connectivity index (χ1) is 8.99. The smallest absolute Gasteiger partial charge is 0.420 e. The number of hydrogen-bond donors (Lipinski definition) is 1. The Labute approximate surface area is 105 Å². The number of allylic oxidation sites excluding steroid dienone is 1. The van der Waals surface area contributed by atoms with Crippen molar-refractivity contribution in [1.29, 1.82) is 0 Å². The molecule has 1 N–H and O–H groups in total. The van der Waals surface area contributed by atoms with Crippen LogP contribution in [0.25, 0.3) is 11.1 Å². The van der Waals surface area contributed by atoms with Crippen LogP contribution in [0.4, 0.5) is 5.69 Å². The molecule has 0 fully saturated rings. The van der Waals surface area contributed by atoms with Gasteiger partial charge in [-0.2, -0.15) is 0 Å². The summed E-state index contributed by atoms with van der Waals surface area (Å²) >= 11 is 0. The maximum atomic E-state index is 11.5. The number of nitro groups is 1. The van der Waals surface area contributed by atoms with Gasteiger partial charge in [-0.05, 0) is 6.07 Å². The summed E-state index contributed by atoms with van der Waals surface area (Å²) in [6.07, 6.45) is 2.13. The molecule has 0 aliphatic heterocycles. The third-order valence-electron chi connectivity index (χ3n) is 2.41. The van der Waals surface area contributed by atoms with Gasteiger partial charge in [0.25, 0.3) is 5.69 Å². The summed E-state index contributed by atoms with van der Waals surface area (Å²) in [5, 5.41) is 19.1. The molecule has 0 aliphatic carbocycles. The summed E-state index contributed by atoms with van der Waals surface area (Å²) in [5.74, 6) is -1.85. The van der Waals surface area contributed by atoms with Gasteiger partial charge in [-0.25, -0.2) is 9.59 Å². The van der Waals surface area contributed by atoms with E-state index < -0.39 is 16.6 Å². The van der Waals surface area contributed by atoms with E-state index in [4.69, 9.17) is 9.52 Å². The number of carbonyl (C=O) groups is 1. The quantitative estimate of drug-likeness (QED) is 0.503. The zero-order chi connectivity index (χ0) is 14.0. The summed E-state index contributed by atoms with van der Waals surface area (Å²) in [6, 6.07) is 3.75. The van der Waals surface area contributed by atoms with Crippen molar-refractivity contribution in [2.24, 2.45) is 0 Å². The van der Waals surface area contributed by atoms with E-state index in [1.54, 1.807) is 0 Å². The van der Waals surface area contributed by atoms with Crippen molar-refractivity contribution in [2.75, 3.05) is 0 Å². The van der Waals surface area contributed by atoms with Crippen LogP contribution >= 0.6 is 0 Å². The van der Waals surface area contributed by atoms with E-state index in [0.29, 0.717) is 0 Å². The molecule has 0 unspecified atom stereocenters. The molecule has 0 bridgehead atoms. The van der Waals surface area contributed by atoms with Crippen LogP contribution < -0.4 is 5.76 Å². The van der Waals surface area contributed by atoms with Gasteiger partial charge in [0, 0.05) is 24.8 Å². The van der Waals surface area contributed by atoms with Crippen LogP contribution in [0.5, 0.6) is 0 Å². The van der Waals surface area contributed by atoms with Crippen LogP contribution in [-0.4, -0.2) is 20.6 Å². The second-order valence-electron chi connectivity index (χ2n) is 3.63. The third-order valence-corrected chi connectivity index (χ3v) is 2.41. The first-order valence-corrected chi connectivity index (χ1v) is 5.16. The number of aromatic nitrogens is 1. The minimum Gasteiger partial charge on any atom is -0.478 e. The average molecular weight is 264 g/mol. The molecule has 0 spiro atoms. The fourth-order valence-electron chi connectivity index (χ4n) is 1.60. The fourth-order valence-corrected chi connectivity index (χ4v) is 1.60. The van der Waals surface area contributed by atoms with Gasteiger partial charge in [0.1, 0.15) is 0 Å². The lowest BCUT2D eigenvalue weighted by Crippen LogP contribution is -2.13. The maximum Gasteiger partial charge on any atom is 0.420 e. The largest absolute Gasteiger partial charge is 0.478 e. The van der Waals surface area contributed by atoms with Crippen molar-refractivity contribution in [3.8, 4) is 0 Å². The Morgan fingerprint density at radius 3 is 2.89 bits per heavy atom. The van der Waals surface area contributed by atoms with Gasteiger partial charge in [0.05, 0.1) is 10.4 Å². The summed E-state index contributed by atoms with van der Waals surface area (Å²) in [6.45, 7) is -0.0424. The zero-order valence-electron chi connectivity index (χ0n) is 9.48. The van der Waals surface area contributed by atoms with Crippen LogP contribution in [0.15, 0.2) is 39.6 Å². The minimum absolute atomic E-state index is 0.0424. The SMILES string of the molecule is O=C(O)C=CCn1c(=O)oc2ccc([N+](=O)[O-])cc21. The molecule has 0 saturated heterocycles. The molecule has 0 radical (unpaired) electrons. The highest BCUT2D eigenvalue weighted by molar-refractivity contribution is 5.80. The number of carboxylic acid groups (broad SMARTS) is 1. The number of fused-ring (bicyclic) bond motifs is 1. The van der Waals surface area contributed by atoms with Crippen molar-refractivity contribution in [1.82, 2.24) is 4.57 Å². The number of nitro benzene ring substituents is 1. The highest BCUT2D eigenvalue weighted by Gasteiger charge is 2.13. The lowest BCUT2D eigenvalue weighted by molar-refractivity contribution is -0.384. The number of benzene rings is 1. The predicted molar refractivity (Wildman–Crippen MR) is 63.9 cm³/mol. The van der Waals surface area contributed by atoms with Crippen molar-refractivity contribution >= 4 is 22.8 Å². The van der Waals surface area contributed by atoms with E-state index in [9.17, 15) is 19.7 Å². The number of oxazole rings is 1. The molecule has 0 saturated carbocycles. The Balaban J connectivity index is 2.49. The molecular formula is C11H8N2O6. The second-order valence-corrected chi connectivity index (χ2v) is 3.63. The van der Waals surface area contributed by atoms with E-state index in [-0.39, 0.29) is 23.3 Å². The average Bonchev–Trinajstić information content (AvgIpc) is 2.64. The Kier molecular flexibility index (Phi) is 3.15. The molecule has 8 nitrogen and oxygen atoms in total. The van der Waals surface area contributed by atoms with Gasteiger partial charge in [-0.15, -0.1) is 0 Å². The van der Waals surface area contributed by atoms with Crippen LogP contribution in [0, 0.1) is 10.1 Å². The van der Waals surface area contributed by atoms with Gasteiger partial charge in [0.2, 0.25) is 0 Å². The summed E-state index contributed by atoms with van der Waals surface area (Å²) in [4.78, 5) is 31.9. The molecule has 1 aromatic carbocycles. The fraction of sp³-hybridized carbons (Fsp3) is 0.0909. The molecule has 0 amide bonds. The lowest BCUT2D eigenvalue weighted by Gasteiger charge is -1.96. The Morgan fingerprint density at radius 1 is 1.53 bits per heavy atom. The molecule has 0 atom stereocenters. The molecule has 2 rings (SSSR count). The Morgan fingerprint density at radius 2 is 2.26 bits per heavy atom. The molecule has 1 aromatic heterocycles. The number of carboxylic acids is 1. The third kappa shape index (κ3) is 2.51. The van der Waals surface area contributed by atoms with Crippen molar-refractivity contribution in [3.05, 3.63) is 51.0 Å². The summed E-state index contributed by atoms with van der Waals surface area (Å²) in [5.41, 5.74) is 0.276. The van der Waals surface area contributed by atoms with Crippen LogP contribution in [0.3, 0.4) is 0 Å². The van der Waals surface area contributed by atoms with Gasteiger partial charge in [0.15, 0.2) is 5.58 Å². The number of non-ortho nitro benzene ring substituents is 1. The van der Waals surface area contributed by atoms with Crippen molar-refractivity contribution in [2.45, 2.75) is 6.54 Å². The van der Waals surface area contributed by atoms with E-state index >= 15 is 0 Å². The first kappa shape index (κ1) is 12.6. The summed E-state index contributed by atoms with van der Waals surface area (Å²) < 4.78 is 6.01. The molecule has 19 heavy (non-hydrogen) atoms. The van der Waals surface area contributed by atoms with Crippen molar-refractivity contribution < 1.29 is 19.2 Å². The number of hydrogen-bond acceptors (Lipinski definition) is 5. The highest BCUT2D eigenvalue weighted by Crippen LogP contribution is 2.19. The van der Waals surface area contributed by atoms with Gasteiger partial charge in [-0.1, -0.05) is 6.08 Å².